The van der Waals surface area contributed by atoms with Crippen LogP contribution in [0.3, 0.4) is 0 Å². The van der Waals surface area contributed by atoms with Crippen LogP contribution in [0.15, 0.2) is 54.6 Å². The van der Waals surface area contributed by atoms with E-state index in [-0.39, 0.29) is 6.10 Å². The minimum Gasteiger partial charge on any atom is -0.483 e. The number of para-hydroxylation sites is 3. The third-order valence-electron chi connectivity index (χ3n) is 5.07. The van der Waals surface area contributed by atoms with Gasteiger partial charge in [0.1, 0.15) is 5.75 Å². The van der Waals surface area contributed by atoms with Crippen LogP contribution in [0.25, 0.3) is 11.0 Å². The molecule has 28 heavy (non-hydrogen) atoms. The zero-order valence-corrected chi connectivity index (χ0v) is 16.2. The highest BCUT2D eigenvalue weighted by molar-refractivity contribution is 5.76. The van der Waals surface area contributed by atoms with E-state index >= 15 is 0 Å². The van der Waals surface area contributed by atoms with E-state index in [9.17, 15) is 5.11 Å². The molecular weight excluding hydrogens is 354 g/mol. The molecule has 0 saturated carbocycles. The number of benzene rings is 2. The third-order valence-corrected chi connectivity index (χ3v) is 5.07. The number of aliphatic hydroxyl groups is 1. The highest BCUT2D eigenvalue weighted by Gasteiger charge is 2.21. The van der Waals surface area contributed by atoms with Crippen molar-refractivity contribution in [1.82, 2.24) is 14.5 Å². The first-order valence-corrected chi connectivity index (χ1v) is 9.86. The molecule has 0 bridgehead atoms. The number of aliphatic hydroxyl groups excluding tert-OH is 1. The lowest BCUT2D eigenvalue weighted by Crippen LogP contribution is -2.42. The van der Waals surface area contributed by atoms with Crippen molar-refractivity contribution in [3.05, 3.63) is 60.4 Å². The Hall–Kier alpha value is -2.41. The number of fused-ring (bicyclic) bond motifs is 1. The average Bonchev–Trinajstić information content (AvgIpc) is 3.08. The first kappa shape index (κ1) is 18.9. The fourth-order valence-corrected chi connectivity index (χ4v) is 3.70. The summed E-state index contributed by atoms with van der Waals surface area (Å²) < 4.78 is 13.6. The minimum atomic E-state index is -0.488. The van der Waals surface area contributed by atoms with Crippen molar-refractivity contribution in [3.63, 3.8) is 0 Å². The normalized spacial score (nSPS) is 17.5. The number of rotatable bonds is 7. The van der Waals surface area contributed by atoms with Crippen LogP contribution in [0.5, 0.6) is 5.75 Å². The second kappa shape index (κ2) is 8.73. The van der Waals surface area contributed by atoms with Crippen molar-refractivity contribution < 1.29 is 14.6 Å². The van der Waals surface area contributed by atoms with E-state index in [2.05, 4.69) is 9.47 Å². The van der Waals surface area contributed by atoms with E-state index in [1.165, 1.54) is 0 Å². The maximum absolute atomic E-state index is 10.8. The number of morpholine rings is 1. The largest absolute Gasteiger partial charge is 0.483 e. The molecule has 148 valence electrons. The number of ether oxygens (including phenoxy) is 2. The first-order valence-electron chi connectivity index (χ1n) is 9.86. The van der Waals surface area contributed by atoms with Gasteiger partial charge in [-0.1, -0.05) is 30.3 Å². The Kier molecular flexibility index (Phi) is 5.90. The summed E-state index contributed by atoms with van der Waals surface area (Å²) in [7, 11) is 0. The van der Waals surface area contributed by atoms with E-state index in [0.717, 1.165) is 48.9 Å². The summed E-state index contributed by atoms with van der Waals surface area (Å²) in [5, 5.41) is 10.8. The molecule has 2 heterocycles. The number of hydrogen-bond donors (Lipinski definition) is 1. The zero-order chi connectivity index (χ0) is 19.3. The van der Waals surface area contributed by atoms with Crippen LogP contribution >= 0.6 is 0 Å². The average molecular weight is 381 g/mol. The van der Waals surface area contributed by atoms with Gasteiger partial charge in [-0.05, 0) is 31.2 Å². The molecule has 4 rings (SSSR count). The molecule has 1 N–H and O–H groups in total. The quantitative estimate of drug-likeness (QED) is 0.682. The Morgan fingerprint density at radius 2 is 1.75 bits per heavy atom. The topological polar surface area (TPSA) is 59.8 Å². The van der Waals surface area contributed by atoms with E-state index < -0.39 is 6.10 Å². The number of hydrogen-bond acceptors (Lipinski definition) is 5. The number of nitrogens with zero attached hydrogens (tertiary/aromatic N) is 3. The lowest BCUT2D eigenvalue weighted by molar-refractivity contribution is 0.0113. The predicted octanol–water partition coefficient (Wildman–Crippen LogP) is 2.87. The van der Waals surface area contributed by atoms with Gasteiger partial charge in [0.15, 0.2) is 11.9 Å². The maximum atomic E-state index is 10.8. The lowest BCUT2D eigenvalue weighted by Gasteiger charge is -2.29. The van der Waals surface area contributed by atoms with Gasteiger partial charge in [0, 0.05) is 19.6 Å². The van der Waals surface area contributed by atoms with E-state index in [1.807, 2.05) is 61.5 Å². The van der Waals surface area contributed by atoms with Gasteiger partial charge in [0.2, 0.25) is 0 Å². The summed E-state index contributed by atoms with van der Waals surface area (Å²) >= 11 is 0. The van der Waals surface area contributed by atoms with Crippen LogP contribution in [0.2, 0.25) is 0 Å². The predicted molar refractivity (Wildman–Crippen MR) is 108 cm³/mol. The molecule has 6 heteroatoms. The summed E-state index contributed by atoms with van der Waals surface area (Å²) in [5.74, 6) is 1.63. The van der Waals surface area contributed by atoms with Crippen LogP contribution < -0.4 is 4.74 Å². The van der Waals surface area contributed by atoms with Crippen LogP contribution in [0.1, 0.15) is 18.9 Å². The summed E-state index contributed by atoms with van der Waals surface area (Å²) in [4.78, 5) is 7.05. The Bertz CT molecular complexity index is 890. The number of imidazole rings is 1. The summed E-state index contributed by atoms with van der Waals surface area (Å²) in [6, 6.07) is 17.8. The van der Waals surface area contributed by atoms with Gasteiger partial charge in [0.25, 0.3) is 0 Å². The molecule has 2 atom stereocenters. The van der Waals surface area contributed by atoms with Crippen LogP contribution in [0.4, 0.5) is 0 Å². The Labute approximate surface area is 165 Å². The molecule has 1 aromatic heterocycles. The monoisotopic (exact) mass is 381 g/mol. The van der Waals surface area contributed by atoms with Gasteiger partial charge < -0.3 is 19.1 Å². The van der Waals surface area contributed by atoms with Crippen molar-refractivity contribution >= 4 is 11.0 Å². The molecule has 6 nitrogen and oxygen atoms in total. The Morgan fingerprint density at radius 1 is 1.04 bits per heavy atom. The van der Waals surface area contributed by atoms with Crippen LogP contribution in [0, 0.1) is 0 Å². The SMILES string of the molecule is C[C@@H](Oc1ccccc1)c1nc2ccccc2n1C[C@@H](O)CN1CCOCC1. The smallest absolute Gasteiger partial charge is 0.153 e. The van der Waals surface area contributed by atoms with Gasteiger partial charge >= 0.3 is 0 Å². The highest BCUT2D eigenvalue weighted by atomic mass is 16.5. The summed E-state index contributed by atoms with van der Waals surface area (Å²) in [6.07, 6.45) is -0.719. The van der Waals surface area contributed by atoms with Gasteiger partial charge in [-0.2, -0.15) is 0 Å². The molecule has 0 amide bonds. The Morgan fingerprint density at radius 3 is 2.54 bits per heavy atom. The van der Waals surface area contributed by atoms with Gasteiger partial charge in [-0.3, -0.25) is 4.90 Å². The Balaban J connectivity index is 1.56. The molecule has 1 aliphatic rings. The second-order valence-electron chi connectivity index (χ2n) is 7.21. The fourth-order valence-electron chi connectivity index (χ4n) is 3.70. The second-order valence-corrected chi connectivity index (χ2v) is 7.21. The van der Waals surface area contributed by atoms with Gasteiger partial charge in [0.05, 0.1) is 36.9 Å². The number of aromatic nitrogens is 2. The first-order chi connectivity index (χ1) is 13.7. The van der Waals surface area contributed by atoms with E-state index in [4.69, 9.17) is 14.5 Å². The standard InChI is InChI=1S/C22H27N3O3/c1-17(28-19-7-3-2-4-8-19)22-23-20-9-5-6-10-21(20)25(22)16-18(26)15-24-11-13-27-14-12-24/h2-10,17-18,26H,11-16H2,1H3/t17-,18+/m1/s1. The minimum absolute atomic E-state index is 0.231. The fraction of sp³-hybridized carbons (Fsp3) is 0.409. The highest BCUT2D eigenvalue weighted by Crippen LogP contribution is 2.25. The molecule has 0 aliphatic carbocycles. The van der Waals surface area contributed by atoms with Crippen molar-refractivity contribution in [3.8, 4) is 5.75 Å². The molecule has 3 aromatic rings. The molecule has 0 spiro atoms. The molecule has 1 fully saturated rings. The summed E-state index contributed by atoms with van der Waals surface area (Å²) in [5.41, 5.74) is 1.93. The number of β-amino-alcohol motifs (C(OH)–C–C–N with tert-alkyl or cyclic N) is 1. The molecule has 0 radical (unpaired) electrons. The molecular formula is C22H27N3O3. The molecule has 2 aromatic carbocycles. The molecule has 1 aliphatic heterocycles. The molecule has 1 saturated heterocycles. The van der Waals surface area contributed by atoms with Gasteiger partial charge in [-0.25, -0.2) is 4.98 Å². The summed E-state index contributed by atoms with van der Waals surface area (Å²) in [6.45, 7) is 6.30. The van der Waals surface area contributed by atoms with E-state index in [1.54, 1.807) is 0 Å². The zero-order valence-electron chi connectivity index (χ0n) is 16.2. The van der Waals surface area contributed by atoms with Crippen LogP contribution in [-0.4, -0.2) is 58.5 Å². The van der Waals surface area contributed by atoms with Crippen molar-refractivity contribution in [1.29, 1.82) is 0 Å². The van der Waals surface area contributed by atoms with Crippen molar-refractivity contribution in [2.75, 3.05) is 32.8 Å². The van der Waals surface area contributed by atoms with Crippen molar-refractivity contribution in [2.24, 2.45) is 0 Å². The maximum Gasteiger partial charge on any atom is 0.153 e. The van der Waals surface area contributed by atoms with Gasteiger partial charge in [-0.15, -0.1) is 0 Å². The third kappa shape index (κ3) is 4.35. The lowest BCUT2D eigenvalue weighted by atomic mass is 10.2. The van der Waals surface area contributed by atoms with Crippen molar-refractivity contribution in [2.45, 2.75) is 25.7 Å². The molecule has 0 unspecified atom stereocenters. The van der Waals surface area contributed by atoms with Crippen LogP contribution in [-0.2, 0) is 11.3 Å². The van der Waals surface area contributed by atoms with E-state index in [0.29, 0.717) is 13.1 Å².